The van der Waals surface area contributed by atoms with Crippen molar-refractivity contribution in [2.45, 2.75) is 33.2 Å². The minimum Gasteiger partial charge on any atom is -0.383 e. The first-order valence-corrected chi connectivity index (χ1v) is 7.30. The standard InChI is InChI=1S/C18H22N2O/c1-11-7-13-12(2)9-18(3,4)20-16(13)14(8-11)15(17(20)21)10-19(5)6/h7-10H,1-6H3. The molecule has 2 aliphatic heterocycles. The lowest BCUT2D eigenvalue weighted by Gasteiger charge is -2.38. The Balaban J connectivity index is 2.36. The molecule has 0 bridgehead atoms. The monoisotopic (exact) mass is 282 g/mol. The summed E-state index contributed by atoms with van der Waals surface area (Å²) < 4.78 is 0. The van der Waals surface area contributed by atoms with Gasteiger partial charge in [-0.25, -0.2) is 0 Å². The highest BCUT2D eigenvalue weighted by atomic mass is 16.2. The summed E-state index contributed by atoms with van der Waals surface area (Å²) in [7, 11) is 3.90. The van der Waals surface area contributed by atoms with Crippen molar-refractivity contribution in [2.24, 2.45) is 0 Å². The number of allylic oxidation sites excluding steroid dienone is 1. The van der Waals surface area contributed by atoms with Crippen molar-refractivity contribution in [1.82, 2.24) is 4.90 Å². The maximum Gasteiger partial charge on any atom is 0.261 e. The van der Waals surface area contributed by atoms with Crippen LogP contribution in [0.4, 0.5) is 5.69 Å². The zero-order valence-corrected chi connectivity index (χ0v) is 13.6. The van der Waals surface area contributed by atoms with Gasteiger partial charge in [0.25, 0.3) is 5.91 Å². The number of hydrogen-bond donors (Lipinski definition) is 0. The topological polar surface area (TPSA) is 23.6 Å². The summed E-state index contributed by atoms with van der Waals surface area (Å²) in [4.78, 5) is 16.8. The first-order valence-electron chi connectivity index (χ1n) is 7.30. The Morgan fingerprint density at radius 1 is 1.14 bits per heavy atom. The van der Waals surface area contributed by atoms with Crippen LogP contribution in [0.25, 0.3) is 11.1 Å². The Morgan fingerprint density at radius 2 is 1.76 bits per heavy atom. The zero-order chi connectivity index (χ0) is 15.5. The Bertz CT molecular complexity index is 708. The van der Waals surface area contributed by atoms with E-state index in [4.69, 9.17) is 0 Å². The van der Waals surface area contributed by atoms with Gasteiger partial charge < -0.3 is 4.90 Å². The maximum absolute atomic E-state index is 13.0. The van der Waals surface area contributed by atoms with Crippen molar-refractivity contribution in [1.29, 1.82) is 0 Å². The van der Waals surface area contributed by atoms with E-state index in [9.17, 15) is 4.79 Å². The van der Waals surface area contributed by atoms with Crippen molar-refractivity contribution in [2.75, 3.05) is 19.0 Å². The number of carbonyl (C=O) groups excluding carboxylic acids is 1. The number of anilines is 1. The largest absolute Gasteiger partial charge is 0.383 e. The molecular formula is C18H22N2O. The van der Waals surface area contributed by atoms with E-state index < -0.39 is 0 Å². The predicted octanol–water partition coefficient (Wildman–Crippen LogP) is 3.44. The molecule has 0 saturated carbocycles. The number of rotatable bonds is 1. The Hall–Kier alpha value is -2.03. The summed E-state index contributed by atoms with van der Waals surface area (Å²) >= 11 is 0. The molecule has 0 spiro atoms. The van der Waals surface area contributed by atoms with Crippen LogP contribution in [-0.2, 0) is 4.79 Å². The van der Waals surface area contributed by atoms with Crippen LogP contribution in [-0.4, -0.2) is 30.4 Å². The van der Waals surface area contributed by atoms with Gasteiger partial charge in [-0.3, -0.25) is 9.69 Å². The predicted molar refractivity (Wildman–Crippen MR) is 88.1 cm³/mol. The van der Waals surface area contributed by atoms with Crippen molar-refractivity contribution < 1.29 is 4.79 Å². The summed E-state index contributed by atoms with van der Waals surface area (Å²) in [6.45, 7) is 8.41. The van der Waals surface area contributed by atoms with Gasteiger partial charge >= 0.3 is 0 Å². The molecule has 0 unspecified atom stereocenters. The summed E-state index contributed by atoms with van der Waals surface area (Å²) in [5.74, 6) is 0.0966. The van der Waals surface area contributed by atoms with Crippen molar-refractivity contribution >= 4 is 22.7 Å². The van der Waals surface area contributed by atoms with Gasteiger partial charge in [0.05, 0.1) is 16.8 Å². The lowest BCUT2D eigenvalue weighted by atomic mass is 9.88. The third kappa shape index (κ3) is 1.91. The van der Waals surface area contributed by atoms with Crippen LogP contribution in [0.2, 0.25) is 0 Å². The average molecular weight is 282 g/mol. The Morgan fingerprint density at radius 3 is 2.38 bits per heavy atom. The third-order valence-corrected chi connectivity index (χ3v) is 4.16. The van der Waals surface area contributed by atoms with E-state index in [0.29, 0.717) is 0 Å². The van der Waals surface area contributed by atoms with Gasteiger partial charge in [0.2, 0.25) is 0 Å². The number of benzene rings is 1. The number of hydrogen-bond acceptors (Lipinski definition) is 2. The second kappa shape index (κ2) is 4.23. The lowest BCUT2D eigenvalue weighted by Crippen LogP contribution is -2.46. The van der Waals surface area contributed by atoms with Gasteiger partial charge in [-0.1, -0.05) is 6.08 Å². The fourth-order valence-electron chi connectivity index (χ4n) is 3.47. The number of amides is 1. The first kappa shape index (κ1) is 13.9. The van der Waals surface area contributed by atoms with E-state index in [2.05, 4.69) is 45.9 Å². The van der Waals surface area contributed by atoms with Gasteiger partial charge in [-0.15, -0.1) is 0 Å². The second-order valence-corrected chi connectivity index (χ2v) is 6.84. The first-order chi connectivity index (χ1) is 9.72. The minimum atomic E-state index is -0.292. The van der Waals surface area contributed by atoms with E-state index in [1.54, 1.807) is 0 Å². The molecule has 0 aromatic heterocycles. The Kier molecular flexibility index (Phi) is 2.81. The van der Waals surface area contributed by atoms with Crippen molar-refractivity contribution in [3.05, 3.63) is 41.1 Å². The molecule has 0 radical (unpaired) electrons. The van der Waals surface area contributed by atoms with E-state index in [0.717, 1.165) is 16.8 Å². The smallest absolute Gasteiger partial charge is 0.261 e. The molecule has 2 aliphatic rings. The van der Waals surface area contributed by atoms with Crippen LogP contribution in [0, 0.1) is 6.92 Å². The SMILES string of the molecule is CC1=CC(C)(C)N2C(=O)C(=CN(C)C)c3cc(C)cc1c32. The van der Waals surface area contributed by atoms with Crippen LogP contribution in [0.15, 0.2) is 24.4 Å². The highest BCUT2D eigenvalue weighted by Crippen LogP contribution is 2.49. The van der Waals surface area contributed by atoms with Gasteiger partial charge in [-0.2, -0.15) is 0 Å². The maximum atomic E-state index is 13.0. The zero-order valence-electron chi connectivity index (χ0n) is 13.6. The quantitative estimate of drug-likeness (QED) is 0.737. The molecule has 110 valence electrons. The summed E-state index contributed by atoms with van der Waals surface area (Å²) in [5.41, 5.74) is 6.24. The van der Waals surface area contributed by atoms with Crippen molar-refractivity contribution in [3.63, 3.8) is 0 Å². The molecular weight excluding hydrogens is 260 g/mol. The van der Waals surface area contributed by atoms with E-state index in [1.807, 2.05) is 30.1 Å². The molecule has 0 atom stereocenters. The number of aryl methyl sites for hydroxylation is 1. The molecule has 21 heavy (non-hydrogen) atoms. The molecule has 2 heterocycles. The van der Waals surface area contributed by atoms with Crippen LogP contribution >= 0.6 is 0 Å². The van der Waals surface area contributed by atoms with Crippen LogP contribution < -0.4 is 4.90 Å². The lowest BCUT2D eigenvalue weighted by molar-refractivity contribution is -0.113. The van der Waals surface area contributed by atoms with Gasteiger partial charge in [-0.05, 0) is 51.0 Å². The molecule has 0 fully saturated rings. The summed E-state index contributed by atoms with van der Waals surface area (Å²) in [6, 6.07) is 4.31. The molecule has 1 aromatic rings. The molecule has 0 N–H and O–H groups in total. The molecule has 1 amide bonds. The highest BCUT2D eigenvalue weighted by molar-refractivity contribution is 6.34. The molecule has 0 aliphatic carbocycles. The van der Waals surface area contributed by atoms with Crippen LogP contribution in [0.5, 0.6) is 0 Å². The molecule has 3 nitrogen and oxygen atoms in total. The summed E-state index contributed by atoms with van der Waals surface area (Å²) in [6.07, 6.45) is 4.12. The second-order valence-electron chi connectivity index (χ2n) is 6.84. The fraction of sp³-hybridized carbons (Fsp3) is 0.389. The highest BCUT2D eigenvalue weighted by Gasteiger charge is 2.44. The number of nitrogens with zero attached hydrogens (tertiary/aromatic N) is 2. The molecule has 3 heteroatoms. The van der Waals surface area contributed by atoms with E-state index >= 15 is 0 Å². The number of carbonyl (C=O) groups is 1. The van der Waals surface area contributed by atoms with Crippen LogP contribution in [0.1, 0.15) is 37.5 Å². The van der Waals surface area contributed by atoms with Gasteiger partial charge in [0.1, 0.15) is 0 Å². The van der Waals surface area contributed by atoms with Gasteiger partial charge in [0, 0.05) is 31.4 Å². The van der Waals surface area contributed by atoms with Gasteiger partial charge in [0.15, 0.2) is 0 Å². The normalized spacial score (nSPS) is 20.7. The average Bonchev–Trinajstić information content (AvgIpc) is 2.60. The Labute approximate surface area is 126 Å². The van der Waals surface area contributed by atoms with Crippen LogP contribution in [0.3, 0.4) is 0 Å². The molecule has 0 saturated heterocycles. The fourth-order valence-corrected chi connectivity index (χ4v) is 3.47. The third-order valence-electron chi connectivity index (χ3n) is 4.16. The van der Waals surface area contributed by atoms with E-state index in [-0.39, 0.29) is 11.4 Å². The van der Waals surface area contributed by atoms with Crippen molar-refractivity contribution in [3.8, 4) is 0 Å². The summed E-state index contributed by atoms with van der Waals surface area (Å²) in [5, 5.41) is 0. The minimum absolute atomic E-state index is 0.0966. The molecule has 3 rings (SSSR count). The van der Waals surface area contributed by atoms with E-state index in [1.165, 1.54) is 16.7 Å². The molecule has 1 aromatic carbocycles.